The molecule has 0 radical (unpaired) electrons. The fourth-order valence-electron chi connectivity index (χ4n) is 2.47. The van der Waals surface area contributed by atoms with E-state index in [2.05, 4.69) is 10.3 Å². The minimum Gasteiger partial charge on any atom is -0.352 e. The van der Waals surface area contributed by atoms with Crippen molar-refractivity contribution >= 4 is 21.7 Å². The molecule has 23 heavy (non-hydrogen) atoms. The van der Waals surface area contributed by atoms with E-state index in [1.807, 2.05) is 6.92 Å². The van der Waals surface area contributed by atoms with Gasteiger partial charge >= 0.3 is 0 Å². The number of carbonyl (C=O) groups is 2. The topological polar surface area (TPSA) is 96.4 Å². The Kier molecular flexibility index (Phi) is 5.35. The molecule has 8 heteroatoms. The lowest BCUT2D eigenvalue weighted by molar-refractivity contribution is 0.0747. The van der Waals surface area contributed by atoms with Crippen LogP contribution in [-0.4, -0.2) is 61.3 Å². The molecule has 2 rings (SSSR count). The largest absolute Gasteiger partial charge is 0.352 e. The van der Waals surface area contributed by atoms with Gasteiger partial charge in [0.05, 0.1) is 22.6 Å². The predicted molar refractivity (Wildman–Crippen MR) is 86.0 cm³/mol. The van der Waals surface area contributed by atoms with Crippen LogP contribution in [0, 0.1) is 0 Å². The normalized spacial score (nSPS) is 19.3. The minimum absolute atomic E-state index is 0.0145. The van der Waals surface area contributed by atoms with Gasteiger partial charge < -0.3 is 10.2 Å². The molecule has 0 spiro atoms. The highest BCUT2D eigenvalue weighted by Crippen LogP contribution is 2.18. The maximum absolute atomic E-state index is 12.5. The van der Waals surface area contributed by atoms with Gasteiger partial charge in [0.1, 0.15) is 0 Å². The maximum atomic E-state index is 12.5. The van der Waals surface area contributed by atoms with Crippen LogP contribution >= 0.6 is 0 Å². The van der Waals surface area contributed by atoms with Crippen molar-refractivity contribution in [2.75, 3.05) is 25.1 Å². The molecule has 7 nitrogen and oxygen atoms in total. The average molecular weight is 339 g/mol. The van der Waals surface area contributed by atoms with Crippen LogP contribution < -0.4 is 5.32 Å². The molecule has 2 heterocycles. The Hall–Kier alpha value is -1.96. The van der Waals surface area contributed by atoms with E-state index in [4.69, 9.17) is 0 Å². The summed E-state index contributed by atoms with van der Waals surface area (Å²) in [6.07, 6.45) is 4.05. The summed E-state index contributed by atoms with van der Waals surface area (Å²) in [5.74, 6) is -0.517. The smallest absolute Gasteiger partial charge is 0.255 e. The fourth-order valence-corrected chi connectivity index (χ4v) is 4.25. The second kappa shape index (κ2) is 7.08. The Morgan fingerprint density at radius 3 is 2.65 bits per heavy atom. The van der Waals surface area contributed by atoms with Crippen molar-refractivity contribution in [1.29, 1.82) is 0 Å². The minimum atomic E-state index is -3.06. The van der Waals surface area contributed by atoms with Crippen molar-refractivity contribution in [1.82, 2.24) is 15.2 Å². The molecule has 1 saturated heterocycles. The number of hydrogen-bond donors (Lipinski definition) is 1. The van der Waals surface area contributed by atoms with E-state index in [0.717, 1.165) is 6.42 Å². The maximum Gasteiger partial charge on any atom is 0.255 e. The molecule has 126 valence electrons. The molecule has 1 aromatic heterocycles. The number of nitrogens with one attached hydrogen (secondary N) is 1. The van der Waals surface area contributed by atoms with E-state index in [9.17, 15) is 18.0 Å². The number of rotatable bonds is 5. The first-order valence-electron chi connectivity index (χ1n) is 7.55. The number of carbonyl (C=O) groups excluding carboxylic acids is 2. The first-order chi connectivity index (χ1) is 10.8. The monoisotopic (exact) mass is 339 g/mol. The van der Waals surface area contributed by atoms with Gasteiger partial charge in [0, 0.05) is 32.0 Å². The number of aromatic nitrogens is 1. The van der Waals surface area contributed by atoms with Gasteiger partial charge in [0.2, 0.25) is 0 Å². The molecule has 1 atom stereocenters. The Labute approximate surface area is 136 Å². The summed E-state index contributed by atoms with van der Waals surface area (Å²) in [5.41, 5.74) is 0.595. The molecule has 1 fully saturated rings. The van der Waals surface area contributed by atoms with Crippen molar-refractivity contribution in [3.8, 4) is 0 Å². The number of sulfone groups is 1. The lowest BCUT2D eigenvalue weighted by Gasteiger charge is -2.23. The van der Waals surface area contributed by atoms with Crippen LogP contribution in [0.5, 0.6) is 0 Å². The average Bonchev–Trinajstić information content (AvgIpc) is 2.91. The molecule has 1 aliphatic rings. The summed E-state index contributed by atoms with van der Waals surface area (Å²) >= 11 is 0. The third-order valence-corrected chi connectivity index (χ3v) is 5.61. The standard InChI is InChI=1S/C15H21N3O4S/c1-3-5-17-14(19)11-7-12(9-16-8-11)15(20)18(2)13-4-6-23(21,22)10-13/h7-9,13H,3-6,10H2,1-2H3,(H,17,19). The van der Waals surface area contributed by atoms with Crippen molar-refractivity contribution in [3.63, 3.8) is 0 Å². The Bertz CT molecular complexity index is 702. The molecular weight excluding hydrogens is 318 g/mol. The zero-order chi connectivity index (χ0) is 17.0. The Balaban J connectivity index is 2.12. The molecule has 0 aromatic carbocycles. The van der Waals surface area contributed by atoms with E-state index >= 15 is 0 Å². The van der Waals surface area contributed by atoms with Gasteiger partial charge in [-0.25, -0.2) is 8.42 Å². The summed E-state index contributed by atoms with van der Waals surface area (Å²) in [4.78, 5) is 29.8. The number of pyridine rings is 1. The third kappa shape index (κ3) is 4.28. The van der Waals surface area contributed by atoms with E-state index in [1.54, 1.807) is 7.05 Å². The van der Waals surface area contributed by atoms with Crippen LogP contribution in [0.3, 0.4) is 0 Å². The molecule has 0 bridgehead atoms. The summed E-state index contributed by atoms with van der Waals surface area (Å²) in [6.45, 7) is 2.50. The highest BCUT2D eigenvalue weighted by Gasteiger charge is 2.33. The molecule has 2 amide bonds. The molecule has 1 aliphatic heterocycles. The quantitative estimate of drug-likeness (QED) is 0.842. The molecule has 1 N–H and O–H groups in total. The molecule has 0 aliphatic carbocycles. The summed E-state index contributed by atoms with van der Waals surface area (Å²) in [6, 6.07) is 1.16. The van der Waals surface area contributed by atoms with Crippen molar-refractivity contribution in [3.05, 3.63) is 29.6 Å². The molecular formula is C15H21N3O4S. The molecule has 0 saturated carbocycles. The van der Waals surface area contributed by atoms with Gasteiger partial charge in [0.15, 0.2) is 9.84 Å². The van der Waals surface area contributed by atoms with E-state index < -0.39 is 9.84 Å². The second-order valence-electron chi connectivity index (χ2n) is 5.69. The summed E-state index contributed by atoms with van der Waals surface area (Å²) in [7, 11) is -1.48. The summed E-state index contributed by atoms with van der Waals surface area (Å²) < 4.78 is 23.1. The van der Waals surface area contributed by atoms with Crippen LogP contribution in [0.15, 0.2) is 18.5 Å². The Morgan fingerprint density at radius 1 is 1.35 bits per heavy atom. The van der Waals surface area contributed by atoms with Gasteiger partial charge in [-0.3, -0.25) is 14.6 Å². The molecule has 1 aromatic rings. The van der Waals surface area contributed by atoms with E-state index in [1.165, 1.54) is 23.4 Å². The van der Waals surface area contributed by atoms with Gasteiger partial charge in [-0.15, -0.1) is 0 Å². The predicted octanol–water partition coefficient (Wildman–Crippen LogP) is 0.481. The number of amides is 2. The van der Waals surface area contributed by atoms with Crippen molar-refractivity contribution in [2.45, 2.75) is 25.8 Å². The molecule has 1 unspecified atom stereocenters. The fraction of sp³-hybridized carbons (Fsp3) is 0.533. The van der Waals surface area contributed by atoms with E-state index in [0.29, 0.717) is 18.5 Å². The highest BCUT2D eigenvalue weighted by atomic mass is 32.2. The van der Waals surface area contributed by atoms with Gasteiger partial charge in [-0.05, 0) is 18.9 Å². The van der Waals surface area contributed by atoms with Crippen LogP contribution in [0.1, 0.15) is 40.5 Å². The Morgan fingerprint density at radius 2 is 2.04 bits per heavy atom. The first kappa shape index (κ1) is 17.4. The zero-order valence-electron chi connectivity index (χ0n) is 13.3. The van der Waals surface area contributed by atoms with Crippen LogP contribution in [0.4, 0.5) is 0 Å². The SMILES string of the molecule is CCCNC(=O)c1cncc(C(=O)N(C)C2CCS(=O)(=O)C2)c1. The van der Waals surface area contributed by atoms with E-state index in [-0.39, 0.29) is 34.9 Å². The lowest BCUT2D eigenvalue weighted by Crippen LogP contribution is -2.38. The van der Waals surface area contributed by atoms with Crippen molar-refractivity contribution in [2.24, 2.45) is 0 Å². The van der Waals surface area contributed by atoms with Crippen LogP contribution in [-0.2, 0) is 9.84 Å². The van der Waals surface area contributed by atoms with Crippen molar-refractivity contribution < 1.29 is 18.0 Å². The second-order valence-corrected chi connectivity index (χ2v) is 7.92. The third-order valence-electron chi connectivity index (χ3n) is 3.86. The van der Waals surface area contributed by atoms with Crippen LogP contribution in [0.25, 0.3) is 0 Å². The van der Waals surface area contributed by atoms with Crippen LogP contribution in [0.2, 0.25) is 0 Å². The number of nitrogens with zero attached hydrogens (tertiary/aromatic N) is 2. The van der Waals surface area contributed by atoms with Gasteiger partial charge in [-0.2, -0.15) is 0 Å². The zero-order valence-corrected chi connectivity index (χ0v) is 14.1. The first-order valence-corrected chi connectivity index (χ1v) is 9.37. The number of hydrogen-bond acceptors (Lipinski definition) is 5. The van der Waals surface area contributed by atoms with Gasteiger partial charge in [-0.1, -0.05) is 6.92 Å². The lowest BCUT2D eigenvalue weighted by atomic mass is 10.1. The van der Waals surface area contributed by atoms with Gasteiger partial charge in [0.25, 0.3) is 11.8 Å². The summed E-state index contributed by atoms with van der Waals surface area (Å²) in [5, 5.41) is 2.73. The highest BCUT2D eigenvalue weighted by molar-refractivity contribution is 7.91.